The van der Waals surface area contributed by atoms with Crippen molar-refractivity contribution in [2.75, 3.05) is 19.6 Å². The maximum absolute atomic E-state index is 8.85. The Kier molecular flexibility index (Phi) is 3.91. The molecule has 1 saturated heterocycles. The minimum absolute atomic E-state index is 0.687. The molecule has 3 nitrogen and oxygen atoms in total. The first-order valence-corrected chi connectivity index (χ1v) is 5.46. The molecule has 0 aromatic carbocycles. The second kappa shape index (κ2) is 4.77. The molecule has 2 unspecified atom stereocenters. The van der Waals surface area contributed by atoms with Crippen molar-refractivity contribution in [2.24, 2.45) is 11.7 Å². The van der Waals surface area contributed by atoms with Gasteiger partial charge in [0.05, 0.1) is 6.07 Å². The van der Waals surface area contributed by atoms with Crippen LogP contribution in [0.15, 0.2) is 0 Å². The van der Waals surface area contributed by atoms with Crippen molar-refractivity contribution in [3.8, 4) is 6.07 Å². The summed E-state index contributed by atoms with van der Waals surface area (Å²) in [5.41, 5.74) is 5.14. The van der Waals surface area contributed by atoms with Gasteiger partial charge >= 0.3 is 0 Å². The van der Waals surface area contributed by atoms with Gasteiger partial charge in [0.1, 0.15) is 5.54 Å². The molecular formula is C11H21N3. The predicted octanol–water partition coefficient (Wildman–Crippen LogP) is 1.35. The highest BCUT2D eigenvalue weighted by Crippen LogP contribution is 2.17. The number of likely N-dealkylation sites (tertiary alicyclic amines) is 1. The molecule has 1 aliphatic rings. The minimum Gasteiger partial charge on any atom is -0.313 e. The van der Waals surface area contributed by atoms with Gasteiger partial charge in [0.2, 0.25) is 0 Å². The molecule has 0 radical (unpaired) electrons. The zero-order valence-corrected chi connectivity index (χ0v) is 9.29. The van der Waals surface area contributed by atoms with E-state index in [9.17, 15) is 0 Å². The largest absolute Gasteiger partial charge is 0.313 e. The van der Waals surface area contributed by atoms with Crippen molar-refractivity contribution >= 4 is 0 Å². The molecule has 0 amide bonds. The molecule has 0 aromatic rings. The maximum Gasteiger partial charge on any atom is 0.114 e. The molecule has 1 aliphatic heterocycles. The van der Waals surface area contributed by atoms with E-state index < -0.39 is 5.54 Å². The van der Waals surface area contributed by atoms with Crippen LogP contribution in [-0.4, -0.2) is 30.1 Å². The summed E-state index contributed by atoms with van der Waals surface area (Å²) >= 11 is 0. The van der Waals surface area contributed by atoms with Gasteiger partial charge in [0, 0.05) is 6.54 Å². The molecule has 0 aliphatic carbocycles. The Morgan fingerprint density at radius 2 is 2.21 bits per heavy atom. The average Bonchev–Trinajstić information content (AvgIpc) is 2.31. The molecule has 2 N–H and O–H groups in total. The zero-order valence-electron chi connectivity index (χ0n) is 9.29. The van der Waals surface area contributed by atoms with Gasteiger partial charge in [-0.2, -0.15) is 5.26 Å². The first-order valence-electron chi connectivity index (χ1n) is 5.46. The van der Waals surface area contributed by atoms with E-state index in [4.69, 9.17) is 11.0 Å². The summed E-state index contributed by atoms with van der Waals surface area (Å²) in [6.07, 6.45) is 3.79. The minimum atomic E-state index is -0.687. The molecule has 2 atom stereocenters. The average molecular weight is 195 g/mol. The van der Waals surface area contributed by atoms with Crippen molar-refractivity contribution < 1.29 is 0 Å². The fraction of sp³-hybridized carbons (Fsp3) is 0.909. The summed E-state index contributed by atoms with van der Waals surface area (Å²) < 4.78 is 0. The van der Waals surface area contributed by atoms with Gasteiger partial charge in [-0.15, -0.1) is 0 Å². The van der Waals surface area contributed by atoms with Crippen LogP contribution in [0.25, 0.3) is 0 Å². The van der Waals surface area contributed by atoms with Crippen LogP contribution in [0.4, 0.5) is 0 Å². The van der Waals surface area contributed by atoms with Crippen LogP contribution >= 0.6 is 0 Å². The topological polar surface area (TPSA) is 53.0 Å². The predicted molar refractivity (Wildman–Crippen MR) is 57.7 cm³/mol. The lowest BCUT2D eigenvalue weighted by molar-refractivity contribution is 0.247. The van der Waals surface area contributed by atoms with E-state index in [0.717, 1.165) is 19.0 Å². The molecule has 0 saturated carbocycles. The zero-order chi connectivity index (χ0) is 10.6. The van der Waals surface area contributed by atoms with Crippen molar-refractivity contribution in [1.29, 1.82) is 5.26 Å². The van der Waals surface area contributed by atoms with E-state index >= 15 is 0 Å². The number of nitrogens with two attached hydrogens (primary N) is 1. The Morgan fingerprint density at radius 3 is 2.86 bits per heavy atom. The highest BCUT2D eigenvalue weighted by molar-refractivity contribution is 5.03. The standard InChI is InChI=1S/C11H21N3/c1-10-4-3-6-14(7-5-10)9-11(2,13)8-12/h10H,3-7,9,13H2,1-2H3. The fourth-order valence-electron chi connectivity index (χ4n) is 1.98. The van der Waals surface area contributed by atoms with Crippen LogP contribution in [0.5, 0.6) is 0 Å². The number of nitrogens with zero attached hydrogens (tertiary/aromatic N) is 2. The van der Waals surface area contributed by atoms with Crippen LogP contribution < -0.4 is 5.73 Å². The smallest absolute Gasteiger partial charge is 0.114 e. The second-order valence-corrected chi connectivity index (χ2v) is 4.84. The summed E-state index contributed by atoms with van der Waals surface area (Å²) in [5.74, 6) is 0.825. The van der Waals surface area contributed by atoms with E-state index in [1.54, 1.807) is 6.92 Å². The number of hydrogen-bond acceptors (Lipinski definition) is 3. The highest BCUT2D eigenvalue weighted by Gasteiger charge is 2.23. The first-order chi connectivity index (χ1) is 6.53. The molecule has 0 bridgehead atoms. The van der Waals surface area contributed by atoms with E-state index in [1.807, 2.05) is 0 Å². The van der Waals surface area contributed by atoms with E-state index in [0.29, 0.717) is 6.54 Å². The Labute approximate surface area is 86.9 Å². The van der Waals surface area contributed by atoms with Gasteiger partial charge in [-0.1, -0.05) is 6.92 Å². The number of nitriles is 1. The lowest BCUT2D eigenvalue weighted by Gasteiger charge is -2.26. The van der Waals surface area contributed by atoms with Crippen LogP contribution in [0, 0.1) is 17.2 Å². The summed E-state index contributed by atoms with van der Waals surface area (Å²) in [5, 5.41) is 8.85. The lowest BCUT2D eigenvalue weighted by Crippen LogP contribution is -2.47. The fourth-order valence-corrected chi connectivity index (χ4v) is 1.98. The van der Waals surface area contributed by atoms with Crippen molar-refractivity contribution in [2.45, 2.75) is 38.6 Å². The molecule has 14 heavy (non-hydrogen) atoms. The molecule has 1 heterocycles. The monoisotopic (exact) mass is 195 g/mol. The summed E-state index contributed by atoms with van der Waals surface area (Å²) in [7, 11) is 0. The van der Waals surface area contributed by atoms with Crippen LogP contribution in [-0.2, 0) is 0 Å². The molecule has 0 spiro atoms. The first kappa shape index (κ1) is 11.5. The van der Waals surface area contributed by atoms with Gasteiger partial charge in [-0.3, -0.25) is 0 Å². The van der Waals surface area contributed by atoms with Crippen molar-refractivity contribution in [1.82, 2.24) is 4.90 Å². The van der Waals surface area contributed by atoms with E-state index in [2.05, 4.69) is 17.9 Å². The SMILES string of the molecule is CC1CCCN(CC(C)(N)C#N)CC1. The third kappa shape index (κ3) is 3.65. The summed E-state index contributed by atoms with van der Waals surface area (Å²) in [6, 6.07) is 2.16. The Balaban J connectivity index is 2.42. The van der Waals surface area contributed by atoms with Gasteiger partial charge < -0.3 is 10.6 Å². The molecule has 1 rings (SSSR count). The third-order valence-corrected chi connectivity index (χ3v) is 2.92. The Hall–Kier alpha value is -0.590. The lowest BCUT2D eigenvalue weighted by atomic mass is 10.0. The molecule has 3 heteroatoms. The summed E-state index contributed by atoms with van der Waals surface area (Å²) in [4.78, 5) is 2.33. The molecule has 1 fully saturated rings. The molecular weight excluding hydrogens is 174 g/mol. The van der Waals surface area contributed by atoms with Gasteiger partial charge in [0.15, 0.2) is 0 Å². The number of rotatable bonds is 2. The Morgan fingerprint density at radius 1 is 1.50 bits per heavy atom. The van der Waals surface area contributed by atoms with E-state index in [-0.39, 0.29) is 0 Å². The van der Waals surface area contributed by atoms with Crippen molar-refractivity contribution in [3.05, 3.63) is 0 Å². The number of hydrogen-bond donors (Lipinski definition) is 1. The van der Waals surface area contributed by atoms with Gasteiger partial charge in [-0.25, -0.2) is 0 Å². The Bertz CT molecular complexity index is 217. The molecule has 0 aromatic heterocycles. The van der Waals surface area contributed by atoms with Crippen LogP contribution in [0.2, 0.25) is 0 Å². The normalized spacial score (nSPS) is 28.9. The second-order valence-electron chi connectivity index (χ2n) is 4.84. The van der Waals surface area contributed by atoms with Gasteiger partial charge in [0.25, 0.3) is 0 Å². The molecule has 80 valence electrons. The quantitative estimate of drug-likeness (QED) is 0.723. The highest BCUT2D eigenvalue weighted by atomic mass is 15.1. The van der Waals surface area contributed by atoms with E-state index in [1.165, 1.54) is 19.3 Å². The van der Waals surface area contributed by atoms with Crippen LogP contribution in [0.3, 0.4) is 0 Å². The maximum atomic E-state index is 8.85. The third-order valence-electron chi connectivity index (χ3n) is 2.92. The van der Waals surface area contributed by atoms with Crippen LogP contribution in [0.1, 0.15) is 33.1 Å². The van der Waals surface area contributed by atoms with Gasteiger partial charge in [-0.05, 0) is 45.2 Å². The van der Waals surface area contributed by atoms with Crippen molar-refractivity contribution in [3.63, 3.8) is 0 Å². The summed E-state index contributed by atoms with van der Waals surface area (Å²) in [6.45, 7) is 7.00.